The van der Waals surface area contributed by atoms with E-state index >= 15 is 0 Å². The van der Waals surface area contributed by atoms with Gasteiger partial charge in [0.25, 0.3) is 10.0 Å². The molecule has 1 N–H and O–H groups in total. The van der Waals surface area contributed by atoms with Gasteiger partial charge in [0, 0.05) is 0 Å². The monoisotopic (exact) mass is 444 g/mol. The van der Waals surface area contributed by atoms with Crippen molar-refractivity contribution in [2.24, 2.45) is 0 Å². The number of aromatic nitrogens is 1. The van der Waals surface area contributed by atoms with Gasteiger partial charge in [-0.25, -0.2) is 22.5 Å². The molecule has 9 heteroatoms. The second-order valence-electron chi connectivity index (χ2n) is 6.02. The molecule has 0 fully saturated rings. The molecule has 0 unspecified atom stereocenters. The van der Waals surface area contributed by atoms with Crippen LogP contribution in [0.2, 0.25) is 5.02 Å². The Morgan fingerprint density at radius 1 is 1.00 bits per heavy atom. The van der Waals surface area contributed by atoms with Crippen molar-refractivity contribution in [2.45, 2.75) is 4.90 Å². The number of carboxylic acid groups (broad SMARTS) is 1. The maximum atomic E-state index is 13.6. The molecule has 0 aliphatic heterocycles. The van der Waals surface area contributed by atoms with Crippen LogP contribution in [0.25, 0.3) is 10.2 Å². The lowest BCUT2D eigenvalue weighted by Gasteiger charge is -2.22. The van der Waals surface area contributed by atoms with E-state index in [-0.39, 0.29) is 20.6 Å². The number of para-hydroxylation sites is 2. The van der Waals surface area contributed by atoms with Crippen LogP contribution >= 0.6 is 22.9 Å². The Kier molecular flexibility index (Phi) is 4.99. The van der Waals surface area contributed by atoms with Gasteiger partial charge in [-0.15, -0.1) is 0 Å². The average Bonchev–Trinajstić information content (AvgIpc) is 3.12. The molecule has 29 heavy (non-hydrogen) atoms. The molecule has 0 atom stereocenters. The number of benzene rings is 3. The van der Waals surface area contributed by atoms with Gasteiger partial charge in [-0.1, -0.05) is 53.3 Å². The number of aromatic carboxylic acids is 1. The molecule has 0 aliphatic carbocycles. The standard InChI is InChI=1S/C20H13ClN2O4S2/c21-16-11-10-14(12-15(16)19(24)25)29(26,27)23(13-6-2-1-3-7-13)20-22-17-8-4-5-9-18(17)28-20/h1-12H,(H,24,25). The maximum Gasteiger partial charge on any atom is 0.337 e. The Morgan fingerprint density at radius 2 is 1.69 bits per heavy atom. The van der Waals surface area contributed by atoms with Crippen LogP contribution in [0.5, 0.6) is 0 Å². The first-order chi connectivity index (χ1) is 13.9. The summed E-state index contributed by atoms with van der Waals surface area (Å²) in [6.07, 6.45) is 0. The zero-order valence-electron chi connectivity index (χ0n) is 14.7. The van der Waals surface area contributed by atoms with Crippen molar-refractivity contribution in [3.63, 3.8) is 0 Å². The molecule has 0 aliphatic rings. The molecule has 4 rings (SSSR count). The number of hydrogen-bond donors (Lipinski definition) is 1. The first kappa shape index (κ1) is 19.4. The van der Waals surface area contributed by atoms with E-state index in [2.05, 4.69) is 4.98 Å². The summed E-state index contributed by atoms with van der Waals surface area (Å²) < 4.78 is 29.1. The third-order valence-corrected chi connectivity index (χ3v) is 7.33. The summed E-state index contributed by atoms with van der Waals surface area (Å²) in [6.45, 7) is 0. The lowest BCUT2D eigenvalue weighted by molar-refractivity contribution is 0.0697. The zero-order chi connectivity index (χ0) is 20.6. The predicted octanol–water partition coefficient (Wildman–Crippen LogP) is 5.17. The van der Waals surface area contributed by atoms with Crippen molar-refractivity contribution >= 4 is 60.0 Å². The Hall–Kier alpha value is -2.94. The lowest BCUT2D eigenvalue weighted by atomic mass is 10.2. The zero-order valence-corrected chi connectivity index (χ0v) is 17.1. The second kappa shape index (κ2) is 7.47. The van der Waals surface area contributed by atoms with Crippen LogP contribution < -0.4 is 4.31 Å². The molecule has 0 radical (unpaired) electrons. The lowest BCUT2D eigenvalue weighted by Crippen LogP contribution is -2.26. The number of anilines is 2. The highest BCUT2D eigenvalue weighted by Gasteiger charge is 2.30. The Balaban J connectivity index is 1.93. The minimum Gasteiger partial charge on any atom is -0.478 e. The minimum absolute atomic E-state index is 0.0392. The molecule has 4 aromatic rings. The third-order valence-electron chi connectivity index (χ3n) is 4.15. The van der Waals surface area contributed by atoms with Crippen molar-refractivity contribution in [2.75, 3.05) is 4.31 Å². The fourth-order valence-electron chi connectivity index (χ4n) is 2.80. The van der Waals surface area contributed by atoms with E-state index in [4.69, 9.17) is 11.6 Å². The molecule has 0 saturated carbocycles. The van der Waals surface area contributed by atoms with Crippen molar-refractivity contribution in [3.8, 4) is 0 Å². The first-order valence-corrected chi connectivity index (χ1v) is 11.0. The molecule has 3 aromatic carbocycles. The highest BCUT2D eigenvalue weighted by molar-refractivity contribution is 7.93. The normalized spacial score (nSPS) is 11.5. The summed E-state index contributed by atoms with van der Waals surface area (Å²) in [6, 6.07) is 19.5. The summed E-state index contributed by atoms with van der Waals surface area (Å²) >= 11 is 7.14. The topological polar surface area (TPSA) is 87.6 Å². The van der Waals surface area contributed by atoms with Gasteiger partial charge in [-0.3, -0.25) is 0 Å². The van der Waals surface area contributed by atoms with Crippen LogP contribution in [0.15, 0.2) is 77.7 Å². The van der Waals surface area contributed by atoms with Crippen LogP contribution in [0, 0.1) is 0 Å². The average molecular weight is 445 g/mol. The van der Waals surface area contributed by atoms with Crippen molar-refractivity contribution in [1.29, 1.82) is 0 Å². The van der Waals surface area contributed by atoms with E-state index in [0.717, 1.165) is 15.1 Å². The molecule has 0 spiro atoms. The van der Waals surface area contributed by atoms with Gasteiger partial charge >= 0.3 is 5.97 Å². The summed E-state index contributed by atoms with van der Waals surface area (Å²) in [5, 5.41) is 9.54. The SMILES string of the molecule is O=C(O)c1cc(S(=O)(=O)N(c2ccccc2)c2nc3ccccc3s2)ccc1Cl. The smallest absolute Gasteiger partial charge is 0.337 e. The molecule has 0 amide bonds. The van der Waals surface area contributed by atoms with Gasteiger partial charge in [0.15, 0.2) is 0 Å². The van der Waals surface area contributed by atoms with Crippen molar-refractivity contribution < 1.29 is 18.3 Å². The number of hydrogen-bond acceptors (Lipinski definition) is 5. The van der Waals surface area contributed by atoms with Gasteiger partial charge in [-0.05, 0) is 42.5 Å². The number of nitrogens with zero attached hydrogens (tertiary/aromatic N) is 2. The van der Waals surface area contributed by atoms with Gasteiger partial charge in [0.1, 0.15) is 0 Å². The molecule has 0 bridgehead atoms. The number of carbonyl (C=O) groups is 1. The van der Waals surface area contributed by atoms with E-state index in [0.29, 0.717) is 11.2 Å². The summed E-state index contributed by atoms with van der Waals surface area (Å²) in [5.41, 5.74) is 0.773. The fraction of sp³-hybridized carbons (Fsp3) is 0. The van der Waals surface area contributed by atoms with E-state index in [1.165, 1.54) is 23.5 Å². The first-order valence-electron chi connectivity index (χ1n) is 8.37. The van der Waals surface area contributed by atoms with Crippen molar-refractivity contribution in [3.05, 3.63) is 83.4 Å². The Bertz CT molecular complexity index is 1290. The van der Waals surface area contributed by atoms with Gasteiger partial charge in [-0.2, -0.15) is 0 Å². The second-order valence-corrected chi connectivity index (χ2v) is 9.22. The number of fused-ring (bicyclic) bond motifs is 1. The van der Waals surface area contributed by atoms with E-state index in [1.807, 2.05) is 18.2 Å². The van der Waals surface area contributed by atoms with Gasteiger partial charge in [0.2, 0.25) is 5.13 Å². The Labute approximate surface area is 175 Å². The highest BCUT2D eigenvalue weighted by Crippen LogP contribution is 2.38. The van der Waals surface area contributed by atoms with Crippen LogP contribution in [0.4, 0.5) is 10.8 Å². The quantitative estimate of drug-likeness (QED) is 0.458. The number of sulfonamides is 1. The summed E-state index contributed by atoms with van der Waals surface area (Å²) in [7, 11) is -4.17. The van der Waals surface area contributed by atoms with Crippen LogP contribution in [0.3, 0.4) is 0 Å². The predicted molar refractivity (Wildman–Crippen MR) is 114 cm³/mol. The fourth-order valence-corrected chi connectivity index (χ4v) is 5.66. The van der Waals surface area contributed by atoms with E-state index in [9.17, 15) is 18.3 Å². The molecule has 0 saturated heterocycles. The van der Waals surface area contributed by atoms with E-state index in [1.54, 1.807) is 36.4 Å². The molecule has 1 aromatic heterocycles. The van der Waals surface area contributed by atoms with Crippen molar-refractivity contribution in [1.82, 2.24) is 4.98 Å². The Morgan fingerprint density at radius 3 is 2.38 bits per heavy atom. The number of thiazole rings is 1. The number of rotatable bonds is 5. The minimum atomic E-state index is -4.17. The van der Waals surface area contributed by atoms with Gasteiger partial charge < -0.3 is 5.11 Å². The molecule has 146 valence electrons. The number of halogens is 1. The molecular weight excluding hydrogens is 432 g/mol. The summed E-state index contributed by atoms with van der Waals surface area (Å²) in [5.74, 6) is -1.31. The largest absolute Gasteiger partial charge is 0.478 e. The maximum absolute atomic E-state index is 13.6. The highest BCUT2D eigenvalue weighted by atomic mass is 35.5. The van der Waals surface area contributed by atoms with Gasteiger partial charge in [0.05, 0.1) is 31.4 Å². The van der Waals surface area contributed by atoms with Crippen LogP contribution in [-0.4, -0.2) is 24.5 Å². The molecule has 6 nitrogen and oxygen atoms in total. The number of carboxylic acids is 1. The third kappa shape index (κ3) is 3.57. The van der Waals surface area contributed by atoms with Crippen LogP contribution in [-0.2, 0) is 10.0 Å². The van der Waals surface area contributed by atoms with Crippen LogP contribution in [0.1, 0.15) is 10.4 Å². The summed E-state index contributed by atoms with van der Waals surface area (Å²) in [4.78, 5) is 15.7. The van der Waals surface area contributed by atoms with E-state index < -0.39 is 16.0 Å². The molecular formula is C20H13ClN2O4S2. The molecule has 1 heterocycles.